The fourth-order valence-electron chi connectivity index (χ4n) is 4.06. The van der Waals surface area contributed by atoms with E-state index in [1.807, 2.05) is 0 Å². The fraction of sp³-hybridized carbons (Fsp3) is 0.625. The molecule has 2 fully saturated rings. The number of halogens is 2. The van der Waals surface area contributed by atoms with Gasteiger partial charge >= 0.3 is 0 Å². The third-order valence-electron chi connectivity index (χ3n) is 5.23. The van der Waals surface area contributed by atoms with E-state index in [4.69, 9.17) is 4.74 Å². The molecule has 1 aliphatic carbocycles. The molecular weight excluding hydrogens is 260 g/mol. The summed E-state index contributed by atoms with van der Waals surface area (Å²) in [5, 5.41) is 0. The molecule has 0 spiro atoms. The summed E-state index contributed by atoms with van der Waals surface area (Å²) in [5.41, 5.74) is 1.98. The Hall–Kier alpha value is -1.00. The van der Waals surface area contributed by atoms with Crippen molar-refractivity contribution in [2.75, 3.05) is 26.3 Å². The highest BCUT2D eigenvalue weighted by Crippen LogP contribution is 2.34. The average Bonchev–Trinajstić information content (AvgIpc) is 3.00. The van der Waals surface area contributed by atoms with Gasteiger partial charge < -0.3 is 4.74 Å². The highest BCUT2D eigenvalue weighted by atomic mass is 19.2. The van der Waals surface area contributed by atoms with E-state index in [2.05, 4.69) is 4.90 Å². The third-order valence-corrected chi connectivity index (χ3v) is 5.23. The van der Waals surface area contributed by atoms with Crippen LogP contribution in [-0.4, -0.2) is 37.2 Å². The molecule has 0 radical (unpaired) electrons. The summed E-state index contributed by atoms with van der Waals surface area (Å²) >= 11 is 0. The van der Waals surface area contributed by atoms with Crippen molar-refractivity contribution in [1.29, 1.82) is 0 Å². The van der Waals surface area contributed by atoms with E-state index in [0.29, 0.717) is 17.9 Å². The molecule has 1 aromatic carbocycles. The van der Waals surface area contributed by atoms with E-state index in [1.165, 1.54) is 12.1 Å². The lowest BCUT2D eigenvalue weighted by molar-refractivity contribution is 0.134. The van der Waals surface area contributed by atoms with Gasteiger partial charge in [0.25, 0.3) is 0 Å². The number of hydrogen-bond acceptors (Lipinski definition) is 2. The van der Waals surface area contributed by atoms with Crippen molar-refractivity contribution in [2.24, 2.45) is 11.8 Å². The second-order valence-corrected chi connectivity index (χ2v) is 6.44. The Morgan fingerprint density at radius 3 is 2.35 bits per heavy atom. The summed E-state index contributed by atoms with van der Waals surface area (Å²) < 4.78 is 32.2. The first-order valence-electron chi connectivity index (χ1n) is 7.49. The number of rotatable bonds is 1. The summed E-state index contributed by atoms with van der Waals surface area (Å²) in [6.45, 7) is 4.00. The van der Waals surface area contributed by atoms with Gasteiger partial charge in [-0.05, 0) is 42.5 Å². The number of ether oxygens (including phenoxy) is 1. The Morgan fingerprint density at radius 2 is 1.65 bits per heavy atom. The quantitative estimate of drug-likeness (QED) is 0.782. The smallest absolute Gasteiger partial charge is 0.159 e. The Labute approximate surface area is 117 Å². The largest absolute Gasteiger partial charge is 0.381 e. The van der Waals surface area contributed by atoms with Gasteiger partial charge in [-0.2, -0.15) is 0 Å². The zero-order valence-electron chi connectivity index (χ0n) is 11.4. The van der Waals surface area contributed by atoms with Crippen LogP contribution in [0.4, 0.5) is 8.78 Å². The van der Waals surface area contributed by atoms with Crippen LogP contribution in [0.1, 0.15) is 17.5 Å². The van der Waals surface area contributed by atoms with Crippen molar-refractivity contribution in [3.63, 3.8) is 0 Å². The number of benzene rings is 1. The van der Waals surface area contributed by atoms with Gasteiger partial charge in [-0.3, -0.25) is 4.90 Å². The molecule has 0 amide bonds. The van der Waals surface area contributed by atoms with E-state index >= 15 is 0 Å². The van der Waals surface area contributed by atoms with Gasteiger partial charge in [0.2, 0.25) is 0 Å². The van der Waals surface area contributed by atoms with Gasteiger partial charge in [0, 0.05) is 31.0 Å². The second-order valence-electron chi connectivity index (χ2n) is 6.44. The minimum absolute atomic E-state index is 0.484. The molecule has 1 unspecified atom stereocenters. The van der Waals surface area contributed by atoms with Crippen LogP contribution in [-0.2, 0) is 17.6 Å². The number of aryl methyl sites for hydroxylation is 1. The van der Waals surface area contributed by atoms with Crippen molar-refractivity contribution < 1.29 is 13.5 Å². The zero-order valence-corrected chi connectivity index (χ0v) is 11.4. The molecule has 4 rings (SSSR count). The van der Waals surface area contributed by atoms with Crippen LogP contribution in [0.2, 0.25) is 0 Å². The molecule has 0 bridgehead atoms. The number of fused-ring (bicyclic) bond motifs is 2. The van der Waals surface area contributed by atoms with Gasteiger partial charge in [0.15, 0.2) is 11.6 Å². The maximum absolute atomic E-state index is 13.4. The lowest BCUT2D eigenvalue weighted by Gasteiger charge is -2.33. The Balaban J connectivity index is 1.51. The van der Waals surface area contributed by atoms with Crippen molar-refractivity contribution in [3.8, 4) is 0 Å². The molecule has 108 valence electrons. The monoisotopic (exact) mass is 279 g/mol. The van der Waals surface area contributed by atoms with Crippen LogP contribution < -0.4 is 0 Å². The summed E-state index contributed by atoms with van der Waals surface area (Å²) in [6, 6.07) is 3.27. The summed E-state index contributed by atoms with van der Waals surface area (Å²) in [7, 11) is 0. The molecule has 4 heteroatoms. The maximum Gasteiger partial charge on any atom is 0.159 e. The second kappa shape index (κ2) is 4.78. The normalized spacial score (nSPS) is 33.2. The number of nitrogens with zero attached hydrogens (tertiary/aromatic N) is 1. The predicted octanol–water partition coefficient (Wildman–Crippen LogP) is 2.40. The number of hydrogen-bond donors (Lipinski definition) is 0. The van der Waals surface area contributed by atoms with Gasteiger partial charge in [-0.25, -0.2) is 8.78 Å². The lowest BCUT2D eigenvalue weighted by Crippen LogP contribution is -2.38. The van der Waals surface area contributed by atoms with E-state index in [0.717, 1.165) is 56.7 Å². The van der Waals surface area contributed by atoms with Crippen LogP contribution >= 0.6 is 0 Å². The molecule has 2 aliphatic heterocycles. The van der Waals surface area contributed by atoms with Crippen molar-refractivity contribution in [1.82, 2.24) is 4.90 Å². The first kappa shape index (κ1) is 12.7. The molecule has 3 aliphatic rings. The van der Waals surface area contributed by atoms with E-state index in [1.54, 1.807) is 0 Å². The minimum atomic E-state index is -0.713. The molecule has 3 atom stereocenters. The molecule has 2 heterocycles. The van der Waals surface area contributed by atoms with Gasteiger partial charge in [-0.1, -0.05) is 0 Å². The fourth-order valence-corrected chi connectivity index (χ4v) is 4.06. The van der Waals surface area contributed by atoms with Crippen molar-refractivity contribution in [2.45, 2.75) is 25.3 Å². The Bertz CT molecular complexity index is 521. The van der Waals surface area contributed by atoms with Crippen molar-refractivity contribution >= 4 is 0 Å². The highest BCUT2D eigenvalue weighted by Gasteiger charge is 2.40. The predicted molar refractivity (Wildman–Crippen MR) is 71.5 cm³/mol. The third kappa shape index (κ3) is 2.06. The topological polar surface area (TPSA) is 12.5 Å². The average molecular weight is 279 g/mol. The van der Waals surface area contributed by atoms with E-state index in [-0.39, 0.29) is 0 Å². The molecule has 0 saturated carbocycles. The zero-order chi connectivity index (χ0) is 13.7. The van der Waals surface area contributed by atoms with Crippen LogP contribution in [0, 0.1) is 23.5 Å². The molecule has 2 saturated heterocycles. The van der Waals surface area contributed by atoms with Gasteiger partial charge in [-0.15, -0.1) is 0 Å². The maximum atomic E-state index is 13.4. The Morgan fingerprint density at radius 1 is 1.00 bits per heavy atom. The molecule has 2 nitrogen and oxygen atoms in total. The first-order valence-corrected chi connectivity index (χ1v) is 7.49. The van der Waals surface area contributed by atoms with Crippen LogP contribution in [0.3, 0.4) is 0 Å². The van der Waals surface area contributed by atoms with Gasteiger partial charge in [0.1, 0.15) is 0 Å². The first-order chi connectivity index (χ1) is 9.70. The molecular formula is C16H19F2NO. The Kier molecular flexibility index (Phi) is 3.04. The summed E-state index contributed by atoms with van der Waals surface area (Å²) in [5.74, 6) is -0.0613. The lowest BCUT2D eigenvalue weighted by atomic mass is 9.87. The summed E-state index contributed by atoms with van der Waals surface area (Å²) in [6.07, 6.45) is 2.77. The highest BCUT2D eigenvalue weighted by molar-refractivity contribution is 5.32. The molecule has 1 aromatic rings. The summed E-state index contributed by atoms with van der Waals surface area (Å²) in [4.78, 5) is 2.54. The van der Waals surface area contributed by atoms with Gasteiger partial charge in [0.05, 0.1) is 13.2 Å². The minimum Gasteiger partial charge on any atom is -0.381 e. The van der Waals surface area contributed by atoms with Crippen LogP contribution in [0.25, 0.3) is 0 Å². The molecule has 20 heavy (non-hydrogen) atoms. The van der Waals surface area contributed by atoms with E-state index < -0.39 is 11.6 Å². The molecule has 0 aromatic heterocycles. The standard InChI is InChI=1S/C16H19F2NO/c17-15-4-10-1-2-14(3-11(10)5-16(15)18)19-6-12-8-20-9-13(12)7-19/h4-5,12-14H,1-3,6-9H2/t12-,13?,14-/m0/s1. The van der Waals surface area contributed by atoms with E-state index in [9.17, 15) is 8.78 Å². The SMILES string of the molecule is Fc1cc2c(cc1F)C[C@@H](N1CC3COC[C@@H]3C1)CC2. The van der Waals surface area contributed by atoms with Crippen LogP contribution in [0.15, 0.2) is 12.1 Å². The number of likely N-dealkylation sites (tertiary alicyclic amines) is 1. The van der Waals surface area contributed by atoms with Crippen LogP contribution in [0.5, 0.6) is 0 Å². The molecule has 0 N–H and O–H groups in total. The van der Waals surface area contributed by atoms with Crippen molar-refractivity contribution in [3.05, 3.63) is 34.9 Å².